The predicted molar refractivity (Wildman–Crippen MR) is 116 cm³/mol. The standard InChI is InChI=1S/C22H19BrF2N3P/c23-13-2-4-15-14-3-1-12(7-16(14)22(24,25)17(15)8-13)18-10-26-20(27-18)19-9-21(5-6-21)11-28(19)29/h1-4,7-8,10,19H,5-6,9,11,29H2,(H,26,27)/t19-/m0/s1. The number of nitrogens with one attached hydrogen (secondary N) is 1. The molecule has 1 aliphatic heterocycles. The molecule has 3 aromatic rings. The maximum Gasteiger partial charge on any atom is 0.299 e. The Morgan fingerprint density at radius 2 is 1.83 bits per heavy atom. The van der Waals surface area contributed by atoms with Crippen LogP contribution in [-0.4, -0.2) is 21.2 Å². The van der Waals surface area contributed by atoms with E-state index in [4.69, 9.17) is 0 Å². The fourth-order valence-electron chi connectivity index (χ4n) is 4.90. The van der Waals surface area contributed by atoms with Crippen molar-refractivity contribution in [2.24, 2.45) is 5.41 Å². The molecule has 6 rings (SSSR count). The van der Waals surface area contributed by atoms with Crippen molar-refractivity contribution in [3.63, 3.8) is 0 Å². The number of alkyl halides is 2. The Hall–Kier alpha value is -1.62. The van der Waals surface area contributed by atoms with Gasteiger partial charge in [0.1, 0.15) is 5.82 Å². The van der Waals surface area contributed by atoms with Gasteiger partial charge < -0.3 is 4.98 Å². The molecule has 0 radical (unpaired) electrons. The first-order valence-electron chi connectivity index (χ1n) is 9.76. The van der Waals surface area contributed by atoms with Crippen molar-refractivity contribution >= 4 is 25.3 Å². The maximum absolute atomic E-state index is 15.1. The molecule has 7 heteroatoms. The van der Waals surface area contributed by atoms with Crippen molar-refractivity contribution in [1.29, 1.82) is 0 Å². The van der Waals surface area contributed by atoms with Crippen LogP contribution in [0.5, 0.6) is 0 Å². The predicted octanol–water partition coefficient (Wildman–Crippen LogP) is 6.28. The van der Waals surface area contributed by atoms with Gasteiger partial charge in [-0.2, -0.15) is 8.78 Å². The molecule has 1 spiro atoms. The summed E-state index contributed by atoms with van der Waals surface area (Å²) >= 11 is 3.31. The largest absolute Gasteiger partial charge is 0.341 e. The van der Waals surface area contributed by atoms with Crippen LogP contribution in [-0.2, 0) is 5.92 Å². The van der Waals surface area contributed by atoms with E-state index in [1.807, 2.05) is 12.1 Å². The number of H-pyrrole nitrogens is 1. The van der Waals surface area contributed by atoms with Gasteiger partial charge >= 0.3 is 0 Å². The van der Waals surface area contributed by atoms with Crippen LogP contribution >= 0.6 is 25.3 Å². The molecule has 1 aromatic heterocycles. The molecule has 1 saturated heterocycles. The van der Waals surface area contributed by atoms with Crippen LogP contribution in [0.15, 0.2) is 47.1 Å². The van der Waals surface area contributed by atoms with Gasteiger partial charge in [0.15, 0.2) is 0 Å². The SMILES string of the molecule is FC1(F)c2cc(Br)ccc2-c2ccc(-c3cnc([C@@H]4CC5(CC5)CN4P)[nH]3)cc21. The Morgan fingerprint density at radius 3 is 2.55 bits per heavy atom. The third-order valence-corrected chi connectivity index (χ3v) is 7.73. The van der Waals surface area contributed by atoms with E-state index >= 15 is 8.78 Å². The summed E-state index contributed by atoms with van der Waals surface area (Å²) in [5.74, 6) is -2.09. The fourth-order valence-corrected chi connectivity index (χ4v) is 5.89. The van der Waals surface area contributed by atoms with Crippen LogP contribution < -0.4 is 0 Å². The van der Waals surface area contributed by atoms with E-state index in [0.717, 1.165) is 30.0 Å². The van der Waals surface area contributed by atoms with Gasteiger partial charge in [0.2, 0.25) is 0 Å². The van der Waals surface area contributed by atoms with Gasteiger partial charge in [0.25, 0.3) is 5.92 Å². The quantitative estimate of drug-likeness (QED) is 0.444. The molecule has 3 aliphatic rings. The average Bonchev–Trinajstić information content (AvgIpc) is 3.05. The van der Waals surface area contributed by atoms with Crippen LogP contribution in [0.4, 0.5) is 8.78 Å². The van der Waals surface area contributed by atoms with E-state index in [9.17, 15) is 0 Å². The average molecular weight is 474 g/mol. The van der Waals surface area contributed by atoms with E-state index in [0.29, 0.717) is 21.0 Å². The van der Waals surface area contributed by atoms with Crippen LogP contribution in [0.1, 0.15) is 42.3 Å². The highest BCUT2D eigenvalue weighted by molar-refractivity contribution is 9.10. The third-order valence-electron chi connectivity index (χ3n) is 6.69. The molecule has 2 fully saturated rings. The smallest absolute Gasteiger partial charge is 0.299 e. The van der Waals surface area contributed by atoms with E-state index < -0.39 is 5.92 Å². The lowest BCUT2D eigenvalue weighted by Crippen LogP contribution is -2.13. The number of aromatic nitrogens is 2. The summed E-state index contributed by atoms with van der Waals surface area (Å²) in [6, 6.07) is 10.6. The molecule has 2 atom stereocenters. The Balaban J connectivity index is 1.37. The normalized spacial score (nSPS) is 23.4. The summed E-state index contributed by atoms with van der Waals surface area (Å²) in [7, 11) is 2.82. The number of rotatable bonds is 2. The number of hydrogen-bond donors (Lipinski definition) is 1. The maximum atomic E-state index is 15.1. The molecule has 2 aliphatic carbocycles. The van der Waals surface area contributed by atoms with Crippen molar-refractivity contribution < 1.29 is 8.78 Å². The molecule has 1 saturated carbocycles. The molecule has 2 heterocycles. The Bertz CT molecular complexity index is 1150. The van der Waals surface area contributed by atoms with Gasteiger partial charge in [-0.3, -0.25) is 4.67 Å². The molecule has 1 N–H and O–H groups in total. The minimum absolute atomic E-state index is 0.0589. The molecule has 0 amide bonds. The summed E-state index contributed by atoms with van der Waals surface area (Å²) in [5, 5.41) is 0. The minimum atomic E-state index is -3.01. The number of imidazole rings is 1. The van der Waals surface area contributed by atoms with Crippen molar-refractivity contribution in [1.82, 2.24) is 14.6 Å². The van der Waals surface area contributed by atoms with Crippen molar-refractivity contribution in [2.75, 3.05) is 6.54 Å². The number of nitrogens with zero attached hydrogens (tertiary/aromatic N) is 2. The highest BCUT2D eigenvalue weighted by Gasteiger charge is 2.52. The summed E-state index contributed by atoms with van der Waals surface area (Å²) in [6.07, 6.45) is 5.46. The summed E-state index contributed by atoms with van der Waals surface area (Å²) < 4.78 is 33.2. The Kier molecular flexibility index (Phi) is 3.74. The second kappa shape index (κ2) is 5.96. The highest BCUT2D eigenvalue weighted by atomic mass is 79.9. The Morgan fingerprint density at radius 1 is 1.10 bits per heavy atom. The van der Waals surface area contributed by atoms with Crippen LogP contribution in [0.25, 0.3) is 22.4 Å². The number of fused-ring (bicyclic) bond motifs is 3. The Labute approximate surface area is 178 Å². The number of benzene rings is 2. The zero-order valence-electron chi connectivity index (χ0n) is 15.6. The molecule has 2 aromatic carbocycles. The van der Waals surface area contributed by atoms with Gasteiger partial charge in [-0.05, 0) is 54.0 Å². The minimum Gasteiger partial charge on any atom is -0.341 e. The third kappa shape index (κ3) is 2.69. The highest BCUT2D eigenvalue weighted by Crippen LogP contribution is 2.59. The summed E-state index contributed by atoms with van der Waals surface area (Å²) in [5.41, 5.74) is 3.31. The lowest BCUT2D eigenvalue weighted by Gasteiger charge is -2.16. The van der Waals surface area contributed by atoms with Crippen molar-refractivity contribution in [3.05, 3.63) is 64.0 Å². The van der Waals surface area contributed by atoms with Gasteiger partial charge in [0.05, 0.1) is 17.9 Å². The number of aromatic amines is 1. The molecule has 148 valence electrons. The van der Waals surface area contributed by atoms with Gasteiger partial charge in [-0.25, -0.2) is 4.98 Å². The first kappa shape index (κ1) is 18.2. The molecular formula is C22H19BrF2N3P. The second-order valence-corrected chi connectivity index (χ2v) is 10.2. The first-order chi connectivity index (χ1) is 13.9. The zero-order valence-corrected chi connectivity index (χ0v) is 18.3. The monoisotopic (exact) mass is 473 g/mol. The number of halogens is 3. The van der Waals surface area contributed by atoms with Gasteiger partial charge in [0, 0.05) is 27.7 Å². The van der Waals surface area contributed by atoms with Crippen LogP contribution in [0, 0.1) is 5.41 Å². The van der Waals surface area contributed by atoms with E-state index in [-0.39, 0.29) is 17.2 Å². The van der Waals surface area contributed by atoms with Crippen LogP contribution in [0.3, 0.4) is 0 Å². The summed E-state index contributed by atoms with van der Waals surface area (Å²) in [6.45, 7) is 1.08. The molecule has 1 unspecified atom stereocenters. The van der Waals surface area contributed by atoms with Gasteiger partial charge in [-0.1, -0.05) is 43.5 Å². The molecule has 3 nitrogen and oxygen atoms in total. The topological polar surface area (TPSA) is 31.9 Å². The van der Waals surface area contributed by atoms with E-state index in [2.05, 4.69) is 40.0 Å². The summed E-state index contributed by atoms with van der Waals surface area (Å²) in [4.78, 5) is 7.99. The zero-order chi connectivity index (χ0) is 20.0. The van der Waals surface area contributed by atoms with E-state index in [1.165, 1.54) is 18.9 Å². The lowest BCUT2D eigenvalue weighted by molar-refractivity contribution is 0.0480. The van der Waals surface area contributed by atoms with Crippen LogP contribution in [0.2, 0.25) is 0 Å². The van der Waals surface area contributed by atoms with Crippen molar-refractivity contribution in [3.8, 4) is 22.4 Å². The molecular weight excluding hydrogens is 455 g/mol. The lowest BCUT2D eigenvalue weighted by atomic mass is 10.0. The fraction of sp³-hybridized carbons (Fsp3) is 0.318. The van der Waals surface area contributed by atoms with Crippen molar-refractivity contribution in [2.45, 2.75) is 31.2 Å². The van der Waals surface area contributed by atoms with E-state index in [1.54, 1.807) is 24.4 Å². The number of hydrogen-bond acceptors (Lipinski definition) is 2. The first-order valence-corrected chi connectivity index (χ1v) is 11.1. The second-order valence-electron chi connectivity index (χ2n) is 8.60. The van der Waals surface area contributed by atoms with Gasteiger partial charge in [-0.15, -0.1) is 0 Å². The molecule has 0 bridgehead atoms. The molecule has 29 heavy (non-hydrogen) atoms.